The van der Waals surface area contributed by atoms with Crippen LogP contribution in [0.3, 0.4) is 0 Å². The van der Waals surface area contributed by atoms with Gasteiger partial charge in [0.1, 0.15) is 24.0 Å². The van der Waals surface area contributed by atoms with Gasteiger partial charge in [-0.2, -0.15) is 0 Å². The number of nitrogens with zero attached hydrogens (tertiary/aromatic N) is 4. The van der Waals surface area contributed by atoms with E-state index in [1.54, 1.807) is 6.07 Å². The zero-order valence-corrected chi connectivity index (χ0v) is 47.4. The number of pyridine rings is 1. The van der Waals surface area contributed by atoms with Crippen LogP contribution in [0.15, 0.2) is 164 Å². The van der Waals surface area contributed by atoms with Gasteiger partial charge in [-0.15, -0.1) is 0 Å². The van der Waals surface area contributed by atoms with Crippen molar-refractivity contribution in [1.82, 2.24) is 9.55 Å². The van der Waals surface area contributed by atoms with Crippen molar-refractivity contribution in [3.05, 3.63) is 215 Å². The number of benzene rings is 8. The Balaban J connectivity index is 1.12. The Labute approximate surface area is 465 Å². The zero-order valence-electron chi connectivity index (χ0n) is 47.4. The zero-order chi connectivity index (χ0) is 57.0. The van der Waals surface area contributed by atoms with Crippen molar-refractivity contribution in [2.75, 3.05) is 16.5 Å². The Hall–Kier alpha value is -8.24. The van der Waals surface area contributed by atoms with Crippen molar-refractivity contribution < 1.29 is 26.7 Å². The van der Waals surface area contributed by atoms with Crippen LogP contribution in [0.5, 0.6) is 11.5 Å². The monoisotopic (exact) mass is 1070 g/mol. The van der Waals surface area contributed by atoms with Crippen molar-refractivity contribution in [1.29, 1.82) is 0 Å². The molecule has 0 saturated heterocycles. The SMILES string of the molecule is CC(C)(C)c1cc(-c2cc(C(C)(C)C)cc(-c3c(F)c(F)c(F)c(F)c3F)c2N2CN(c3cc(Oc4ccc5c6ccccc6n(-c6cc(C(C)(C)C)ccn6)c5c4)cc(-c4ccccc4)c3)c3ccccc32)cc(C(C)(C)C)c1. The molecule has 0 saturated carbocycles. The minimum atomic E-state index is -2.22. The molecule has 8 aromatic carbocycles. The summed E-state index contributed by atoms with van der Waals surface area (Å²) in [5.74, 6) is -8.14. The lowest BCUT2D eigenvalue weighted by Gasteiger charge is -2.32. The third-order valence-electron chi connectivity index (χ3n) is 15.5. The van der Waals surface area contributed by atoms with Gasteiger partial charge in [0.25, 0.3) is 0 Å². The van der Waals surface area contributed by atoms with Crippen LogP contribution < -0.4 is 14.5 Å². The molecule has 0 aliphatic carbocycles. The first-order chi connectivity index (χ1) is 37.8. The van der Waals surface area contributed by atoms with Crippen LogP contribution in [-0.2, 0) is 21.7 Å². The van der Waals surface area contributed by atoms with Crippen molar-refractivity contribution in [2.45, 2.75) is 105 Å². The van der Waals surface area contributed by atoms with E-state index in [4.69, 9.17) is 9.72 Å². The number of hydrogen-bond acceptors (Lipinski definition) is 4. The average molecular weight is 1070 g/mol. The average Bonchev–Trinajstić information content (AvgIpc) is 4.09. The molecule has 0 unspecified atom stereocenters. The van der Waals surface area contributed by atoms with Crippen molar-refractivity contribution >= 4 is 44.6 Å². The van der Waals surface area contributed by atoms with Crippen LogP contribution in [0.25, 0.3) is 61.0 Å². The largest absolute Gasteiger partial charge is 0.457 e. The summed E-state index contributed by atoms with van der Waals surface area (Å²) < 4.78 is 89.2. The Kier molecular flexibility index (Phi) is 13.1. The van der Waals surface area contributed by atoms with Crippen LogP contribution >= 0.6 is 0 Å². The Bertz CT molecular complexity index is 4020. The molecule has 0 spiro atoms. The van der Waals surface area contributed by atoms with Crippen molar-refractivity contribution in [3.8, 4) is 50.7 Å². The van der Waals surface area contributed by atoms with E-state index in [0.717, 1.165) is 72.4 Å². The summed E-state index contributed by atoms with van der Waals surface area (Å²) in [6, 6.07) is 52.3. The smallest absolute Gasteiger partial charge is 0.200 e. The quantitative estimate of drug-likeness (QED) is 0.0863. The first-order valence-electron chi connectivity index (χ1n) is 27.2. The molecule has 10 aromatic rings. The number of aromatic nitrogens is 2. The van der Waals surface area contributed by atoms with Gasteiger partial charge in [0, 0.05) is 45.9 Å². The Morgan fingerprint density at radius 1 is 0.412 bits per heavy atom. The molecule has 0 amide bonds. The maximum Gasteiger partial charge on any atom is 0.200 e. The lowest BCUT2D eigenvalue weighted by Crippen LogP contribution is -2.26. The van der Waals surface area contributed by atoms with E-state index in [9.17, 15) is 0 Å². The molecule has 0 fully saturated rings. The highest BCUT2D eigenvalue weighted by Crippen LogP contribution is 2.54. The van der Waals surface area contributed by atoms with Gasteiger partial charge in [0.05, 0.1) is 33.7 Å². The Morgan fingerprint density at radius 2 is 0.963 bits per heavy atom. The number of anilines is 4. The summed E-state index contributed by atoms with van der Waals surface area (Å²) in [6.45, 7) is 25.3. The fourth-order valence-electron chi connectivity index (χ4n) is 10.9. The number of hydrogen-bond donors (Lipinski definition) is 0. The van der Waals surface area contributed by atoms with Crippen molar-refractivity contribution in [2.24, 2.45) is 0 Å². The summed E-state index contributed by atoms with van der Waals surface area (Å²) in [4.78, 5) is 8.93. The molecule has 0 atom stereocenters. The van der Waals surface area contributed by atoms with E-state index in [0.29, 0.717) is 28.3 Å². The highest BCUT2D eigenvalue weighted by molar-refractivity contribution is 6.09. The standard InChI is InChI=1S/C70H65F5N4O/c1-67(2,3)44-28-29-76-59(37-44)79-55-23-17-16-22-51(55)52-27-26-49(39-58(52)79)80-50-33-42(41-20-14-13-15-21-41)32-48(38-50)77-40-78(57-25-19-18-24-56(57)77)66-53(43-30-45(68(4,5)6)34-46(31-43)69(7,8)9)35-47(70(10,11)12)36-54(66)60-61(71)63(73)65(75)64(74)62(60)72/h13-39H,40H2,1-12H3. The topological polar surface area (TPSA) is 33.5 Å². The molecule has 406 valence electrons. The maximum atomic E-state index is 16.8. The van der Waals surface area contributed by atoms with Crippen molar-refractivity contribution in [3.63, 3.8) is 0 Å². The third-order valence-corrected chi connectivity index (χ3v) is 15.5. The molecule has 1 aliphatic rings. The van der Waals surface area contributed by atoms with E-state index in [2.05, 4.69) is 126 Å². The first-order valence-corrected chi connectivity index (χ1v) is 27.2. The first kappa shape index (κ1) is 53.7. The third kappa shape index (κ3) is 9.66. The summed E-state index contributed by atoms with van der Waals surface area (Å²) in [6.07, 6.45) is 1.86. The van der Waals surface area contributed by atoms with Crippen LogP contribution in [0.4, 0.5) is 44.7 Å². The maximum absolute atomic E-state index is 16.8. The highest BCUT2D eigenvalue weighted by atomic mass is 19.2. The van der Waals surface area contributed by atoms with Crippen LogP contribution in [0.2, 0.25) is 0 Å². The van der Waals surface area contributed by atoms with Gasteiger partial charge in [-0.1, -0.05) is 162 Å². The minimum Gasteiger partial charge on any atom is -0.457 e. The molecule has 80 heavy (non-hydrogen) atoms. The fraction of sp³-hybridized carbons (Fsp3) is 0.243. The van der Waals surface area contributed by atoms with Crippen LogP contribution in [0.1, 0.15) is 105 Å². The van der Waals surface area contributed by atoms with E-state index < -0.39 is 40.1 Å². The fourth-order valence-corrected chi connectivity index (χ4v) is 10.9. The van der Waals surface area contributed by atoms with Gasteiger partial charge in [0.15, 0.2) is 23.3 Å². The lowest BCUT2D eigenvalue weighted by atomic mass is 9.77. The van der Waals surface area contributed by atoms with E-state index in [1.165, 1.54) is 0 Å². The van der Waals surface area contributed by atoms with E-state index in [-0.39, 0.29) is 34.2 Å². The summed E-state index contributed by atoms with van der Waals surface area (Å²) in [5, 5.41) is 2.13. The molecular formula is C70H65F5N4O. The lowest BCUT2D eigenvalue weighted by molar-refractivity contribution is 0.381. The van der Waals surface area contributed by atoms with Gasteiger partial charge in [-0.05, 0) is 127 Å². The molecule has 0 N–H and O–H groups in total. The van der Waals surface area contributed by atoms with Crippen LogP contribution in [-0.4, -0.2) is 16.2 Å². The number of fused-ring (bicyclic) bond motifs is 4. The predicted molar refractivity (Wildman–Crippen MR) is 318 cm³/mol. The van der Waals surface area contributed by atoms with E-state index in [1.807, 2.05) is 129 Å². The number of para-hydroxylation sites is 3. The van der Waals surface area contributed by atoms with Gasteiger partial charge in [-0.3, -0.25) is 4.57 Å². The molecule has 0 radical (unpaired) electrons. The molecule has 10 heteroatoms. The Morgan fingerprint density at radius 3 is 1.60 bits per heavy atom. The summed E-state index contributed by atoms with van der Waals surface area (Å²) in [7, 11) is 0. The summed E-state index contributed by atoms with van der Waals surface area (Å²) in [5.41, 5.74) is 8.74. The number of rotatable bonds is 8. The molecule has 5 nitrogen and oxygen atoms in total. The van der Waals surface area contributed by atoms with Gasteiger partial charge >= 0.3 is 0 Å². The molecule has 0 bridgehead atoms. The van der Waals surface area contributed by atoms with Gasteiger partial charge < -0.3 is 14.5 Å². The minimum absolute atomic E-state index is 0.0685. The molecule has 1 aliphatic heterocycles. The molecule has 2 aromatic heterocycles. The number of ether oxygens (including phenoxy) is 1. The summed E-state index contributed by atoms with van der Waals surface area (Å²) >= 11 is 0. The van der Waals surface area contributed by atoms with Gasteiger partial charge in [-0.25, -0.2) is 26.9 Å². The predicted octanol–water partition coefficient (Wildman–Crippen LogP) is 20.1. The second-order valence-corrected chi connectivity index (χ2v) is 25.3. The van der Waals surface area contributed by atoms with E-state index >= 15 is 22.0 Å². The molecule has 3 heterocycles. The molecule has 11 rings (SSSR count). The normalized spacial score (nSPS) is 13.2. The second kappa shape index (κ2) is 19.5. The van der Waals surface area contributed by atoms with Gasteiger partial charge in [0.2, 0.25) is 5.82 Å². The highest BCUT2D eigenvalue weighted by Gasteiger charge is 2.37. The van der Waals surface area contributed by atoms with Crippen LogP contribution in [0, 0.1) is 29.1 Å². The second-order valence-electron chi connectivity index (χ2n) is 25.3. The molecular weight excluding hydrogens is 1010 g/mol. The number of halogens is 5.